The van der Waals surface area contributed by atoms with Crippen LogP contribution in [0.15, 0.2) is 33.6 Å². The number of H-pyrrole nitrogens is 1. The quantitative estimate of drug-likeness (QED) is 0.526. The second kappa shape index (κ2) is 6.32. The van der Waals surface area contributed by atoms with Gasteiger partial charge in [0.25, 0.3) is 11.6 Å². The van der Waals surface area contributed by atoms with E-state index >= 15 is 0 Å². The van der Waals surface area contributed by atoms with Crippen LogP contribution in [-0.2, 0) is 0 Å². The van der Waals surface area contributed by atoms with E-state index < -0.39 is 4.92 Å². The van der Waals surface area contributed by atoms with Crippen molar-refractivity contribution < 1.29 is 9.45 Å². The number of nitrogens with one attached hydrogen (secondary N) is 2. The van der Waals surface area contributed by atoms with E-state index in [0.717, 1.165) is 13.1 Å². The summed E-state index contributed by atoms with van der Waals surface area (Å²) in [7, 11) is 1.98. The van der Waals surface area contributed by atoms with Crippen molar-refractivity contribution in [3.63, 3.8) is 0 Å². The van der Waals surface area contributed by atoms with Crippen LogP contribution in [0.25, 0.3) is 22.4 Å². The monoisotopic (exact) mass is 356 g/mol. The number of benzene rings is 1. The zero-order chi connectivity index (χ0) is 18.3. The highest BCUT2D eigenvalue weighted by Crippen LogP contribution is 2.29. The minimum atomic E-state index is -0.490. The fourth-order valence-corrected chi connectivity index (χ4v) is 3.11. The highest BCUT2D eigenvalue weighted by Gasteiger charge is 2.26. The van der Waals surface area contributed by atoms with Crippen molar-refractivity contribution in [1.29, 1.82) is 0 Å². The molecule has 1 unspecified atom stereocenters. The minimum absolute atomic E-state index is 0.0381. The molecule has 2 N–H and O–H groups in total. The van der Waals surface area contributed by atoms with Crippen LogP contribution in [0.2, 0.25) is 0 Å². The molecule has 0 aliphatic carbocycles. The summed E-state index contributed by atoms with van der Waals surface area (Å²) in [4.78, 5) is 31.8. The number of likely N-dealkylation sites (N-methyl/N-ethyl adjacent to an activating group) is 1. The van der Waals surface area contributed by atoms with Crippen LogP contribution in [0.1, 0.15) is 11.9 Å². The number of nitro groups is 1. The molecule has 0 spiro atoms. The Hall–Kier alpha value is -3.11. The van der Waals surface area contributed by atoms with E-state index in [2.05, 4.69) is 25.3 Å². The Morgan fingerprint density at radius 2 is 2.23 bits per heavy atom. The van der Waals surface area contributed by atoms with Gasteiger partial charge in [-0.05, 0) is 13.1 Å². The Morgan fingerprint density at radius 3 is 3.00 bits per heavy atom. The maximum absolute atomic E-state index is 12.0. The molecule has 0 bridgehead atoms. The van der Waals surface area contributed by atoms with Gasteiger partial charge < -0.3 is 14.8 Å². The molecule has 134 valence electrons. The molecule has 1 fully saturated rings. The van der Waals surface area contributed by atoms with E-state index in [1.807, 2.05) is 7.05 Å². The number of non-ortho nitro benzene ring substituents is 1. The van der Waals surface area contributed by atoms with Crippen LogP contribution in [0, 0.1) is 10.1 Å². The Kier molecular flexibility index (Phi) is 3.98. The van der Waals surface area contributed by atoms with E-state index in [1.54, 1.807) is 0 Å². The van der Waals surface area contributed by atoms with Gasteiger partial charge in [-0.15, -0.1) is 0 Å². The molecule has 1 atom stereocenters. The normalized spacial score (nSPS) is 18.3. The second-order valence-electron chi connectivity index (χ2n) is 6.19. The van der Waals surface area contributed by atoms with E-state index in [9.17, 15) is 14.9 Å². The Bertz CT molecular complexity index is 1040. The molecule has 2 aromatic heterocycles. The molecule has 0 radical (unpaired) electrons. The Balaban J connectivity index is 1.82. The van der Waals surface area contributed by atoms with Gasteiger partial charge in [0.05, 0.1) is 16.5 Å². The van der Waals surface area contributed by atoms with Crippen molar-refractivity contribution in [1.82, 2.24) is 25.3 Å². The third kappa shape index (κ3) is 2.85. The average Bonchev–Trinajstić information content (AvgIpc) is 3.10. The number of hydrogen-bond donors (Lipinski definition) is 2. The minimum Gasteiger partial charge on any atom is -0.334 e. The predicted molar refractivity (Wildman–Crippen MR) is 92.8 cm³/mol. The Labute approximate surface area is 147 Å². The van der Waals surface area contributed by atoms with Gasteiger partial charge in [0.15, 0.2) is 5.82 Å². The summed E-state index contributed by atoms with van der Waals surface area (Å²) in [5, 5.41) is 18.9. The lowest BCUT2D eigenvalue weighted by molar-refractivity contribution is -0.384. The lowest BCUT2D eigenvalue weighted by Gasteiger charge is -2.30. The number of fused-ring (bicyclic) bond motifs is 1. The predicted octanol–water partition coefficient (Wildman–Crippen LogP) is 1.06. The lowest BCUT2D eigenvalue weighted by Crippen LogP contribution is -2.44. The number of nitrogens with zero attached hydrogens (tertiary/aromatic N) is 4. The first-order chi connectivity index (χ1) is 12.5. The summed E-state index contributed by atoms with van der Waals surface area (Å²) in [5.74, 6) is 0.670. The molecule has 3 heterocycles. The van der Waals surface area contributed by atoms with E-state index in [0.29, 0.717) is 28.8 Å². The first-order valence-electron chi connectivity index (χ1n) is 8.09. The van der Waals surface area contributed by atoms with E-state index in [4.69, 9.17) is 4.52 Å². The molecule has 1 aromatic carbocycles. The maximum atomic E-state index is 12.0. The van der Waals surface area contributed by atoms with Crippen LogP contribution < -0.4 is 10.9 Å². The first kappa shape index (κ1) is 16.4. The lowest BCUT2D eigenvalue weighted by atomic mass is 10.1. The van der Waals surface area contributed by atoms with Gasteiger partial charge in [0.2, 0.25) is 5.56 Å². The zero-order valence-electron chi connectivity index (χ0n) is 13.9. The van der Waals surface area contributed by atoms with E-state index in [-0.39, 0.29) is 23.2 Å². The summed E-state index contributed by atoms with van der Waals surface area (Å²) >= 11 is 0. The molecular weight excluding hydrogens is 340 g/mol. The second-order valence-corrected chi connectivity index (χ2v) is 6.19. The molecule has 26 heavy (non-hydrogen) atoms. The molecule has 0 saturated carbocycles. The van der Waals surface area contributed by atoms with Gasteiger partial charge in [-0.25, -0.2) is 0 Å². The fourth-order valence-electron chi connectivity index (χ4n) is 3.11. The van der Waals surface area contributed by atoms with Crippen LogP contribution in [0.5, 0.6) is 0 Å². The Morgan fingerprint density at radius 1 is 1.38 bits per heavy atom. The van der Waals surface area contributed by atoms with Crippen molar-refractivity contribution in [2.24, 2.45) is 0 Å². The maximum Gasteiger partial charge on any atom is 0.270 e. The summed E-state index contributed by atoms with van der Waals surface area (Å²) in [6.07, 6.45) is 0. The largest absolute Gasteiger partial charge is 0.334 e. The van der Waals surface area contributed by atoms with Crippen molar-refractivity contribution in [2.75, 3.05) is 26.7 Å². The number of rotatable bonds is 3. The van der Waals surface area contributed by atoms with Gasteiger partial charge in [-0.3, -0.25) is 19.8 Å². The molecule has 1 aliphatic rings. The molecule has 0 amide bonds. The number of hydrogen-bond acceptors (Lipinski definition) is 8. The van der Waals surface area contributed by atoms with Gasteiger partial charge in [0, 0.05) is 48.7 Å². The highest BCUT2D eigenvalue weighted by molar-refractivity contribution is 5.93. The molecule has 4 rings (SSSR count). The van der Waals surface area contributed by atoms with Crippen molar-refractivity contribution in [3.05, 3.63) is 50.6 Å². The number of piperazine rings is 1. The smallest absolute Gasteiger partial charge is 0.270 e. The fraction of sp³-hybridized carbons (Fsp3) is 0.312. The number of aromatic nitrogens is 3. The molecule has 1 saturated heterocycles. The highest BCUT2D eigenvalue weighted by atomic mass is 16.6. The van der Waals surface area contributed by atoms with Gasteiger partial charge in [0.1, 0.15) is 0 Å². The van der Waals surface area contributed by atoms with Crippen molar-refractivity contribution >= 4 is 16.6 Å². The SMILES string of the molecule is CN1CCNCC1c1noc(-c2cc(=O)[nH]c3ccc([N+](=O)[O-])cc23)n1. The topological polar surface area (TPSA) is 130 Å². The molecule has 3 aromatic rings. The van der Waals surface area contributed by atoms with Gasteiger partial charge in [-0.2, -0.15) is 4.98 Å². The van der Waals surface area contributed by atoms with E-state index in [1.165, 1.54) is 24.3 Å². The van der Waals surface area contributed by atoms with Crippen molar-refractivity contribution in [3.8, 4) is 11.5 Å². The first-order valence-corrected chi connectivity index (χ1v) is 8.09. The third-order valence-electron chi connectivity index (χ3n) is 4.52. The average molecular weight is 356 g/mol. The summed E-state index contributed by atoms with van der Waals surface area (Å²) < 4.78 is 5.38. The molecule has 1 aliphatic heterocycles. The molecule has 10 heteroatoms. The van der Waals surface area contributed by atoms with Crippen LogP contribution >= 0.6 is 0 Å². The van der Waals surface area contributed by atoms with Crippen LogP contribution in [-0.4, -0.2) is 51.6 Å². The van der Waals surface area contributed by atoms with Crippen LogP contribution in [0.3, 0.4) is 0 Å². The summed E-state index contributed by atoms with van der Waals surface area (Å²) in [6.45, 7) is 2.44. The number of nitro benzene ring substituents is 1. The van der Waals surface area contributed by atoms with Crippen molar-refractivity contribution in [2.45, 2.75) is 6.04 Å². The third-order valence-corrected chi connectivity index (χ3v) is 4.52. The van der Waals surface area contributed by atoms with Crippen LogP contribution in [0.4, 0.5) is 5.69 Å². The zero-order valence-corrected chi connectivity index (χ0v) is 13.9. The van der Waals surface area contributed by atoms with Gasteiger partial charge >= 0.3 is 0 Å². The number of aromatic amines is 1. The molecular formula is C16H16N6O4. The number of pyridine rings is 1. The standard InChI is InChI=1S/C16H16N6O4/c1-21-5-4-17-8-13(21)15-19-16(26-20-15)11-7-14(23)18-12-3-2-9(22(24)25)6-10(11)12/h2-3,6-7,13,17H,4-5,8H2,1H3,(H,18,23). The van der Waals surface area contributed by atoms with Gasteiger partial charge in [-0.1, -0.05) is 5.16 Å². The molecule has 10 nitrogen and oxygen atoms in total. The summed E-state index contributed by atoms with van der Waals surface area (Å²) in [6, 6.07) is 5.49. The summed E-state index contributed by atoms with van der Waals surface area (Å²) in [5.41, 5.74) is 0.409.